The van der Waals surface area contributed by atoms with Crippen LogP contribution in [0.3, 0.4) is 0 Å². The number of nitriles is 1. The van der Waals surface area contributed by atoms with Crippen molar-refractivity contribution in [1.29, 1.82) is 5.26 Å². The molecule has 1 aliphatic rings. The number of nitrogens with zero attached hydrogens (tertiary/aromatic N) is 4. The Morgan fingerprint density at radius 1 is 1.33 bits per heavy atom. The van der Waals surface area contributed by atoms with E-state index < -0.39 is 0 Å². The van der Waals surface area contributed by atoms with E-state index in [-0.39, 0.29) is 6.04 Å². The largest absolute Gasteiger partial charge is 0.397 e. The first-order valence-corrected chi connectivity index (χ1v) is 7.62. The number of ether oxygens (including phenoxy) is 1. The van der Waals surface area contributed by atoms with Gasteiger partial charge in [0.25, 0.3) is 0 Å². The van der Waals surface area contributed by atoms with Gasteiger partial charge in [0, 0.05) is 12.6 Å². The van der Waals surface area contributed by atoms with Crippen molar-refractivity contribution in [3.63, 3.8) is 0 Å². The quantitative estimate of drug-likeness (QED) is 0.724. The van der Waals surface area contributed by atoms with Crippen molar-refractivity contribution in [2.75, 3.05) is 41.4 Å². The zero-order chi connectivity index (χ0) is 17.1. The predicted molar refractivity (Wildman–Crippen MR) is 92.9 cm³/mol. The van der Waals surface area contributed by atoms with E-state index in [2.05, 4.69) is 33.2 Å². The number of hydrogen-bond donors (Lipinski definition) is 3. The van der Waals surface area contributed by atoms with E-state index in [9.17, 15) is 0 Å². The minimum Gasteiger partial charge on any atom is -0.397 e. The van der Waals surface area contributed by atoms with Crippen LogP contribution in [0.15, 0.2) is 24.3 Å². The molecule has 8 heteroatoms. The van der Waals surface area contributed by atoms with Crippen molar-refractivity contribution in [3.8, 4) is 6.07 Å². The number of aromatic nitrogens is 2. The van der Waals surface area contributed by atoms with Gasteiger partial charge in [0.1, 0.15) is 11.6 Å². The third-order valence-electron chi connectivity index (χ3n) is 3.82. The fraction of sp³-hybridized carbons (Fsp3) is 0.312. The van der Waals surface area contributed by atoms with Crippen molar-refractivity contribution in [2.45, 2.75) is 13.0 Å². The average molecular weight is 325 g/mol. The van der Waals surface area contributed by atoms with Crippen LogP contribution in [-0.4, -0.2) is 35.8 Å². The van der Waals surface area contributed by atoms with Crippen LogP contribution in [0.25, 0.3) is 0 Å². The van der Waals surface area contributed by atoms with Gasteiger partial charge in [-0.05, 0) is 25.1 Å². The molecule has 0 amide bonds. The van der Waals surface area contributed by atoms with Crippen LogP contribution in [0.1, 0.15) is 12.5 Å². The second-order valence-electron chi connectivity index (χ2n) is 5.63. The molecule has 5 N–H and O–H groups in total. The van der Waals surface area contributed by atoms with E-state index in [4.69, 9.17) is 21.5 Å². The Kier molecular flexibility index (Phi) is 4.35. The lowest BCUT2D eigenvalue weighted by Gasteiger charge is -2.34. The smallest absolute Gasteiger partial charge is 0.231 e. The third-order valence-corrected chi connectivity index (χ3v) is 3.82. The van der Waals surface area contributed by atoms with Crippen molar-refractivity contribution in [1.82, 2.24) is 9.97 Å². The summed E-state index contributed by atoms with van der Waals surface area (Å²) < 4.78 is 5.45. The van der Waals surface area contributed by atoms with Crippen LogP contribution in [0.2, 0.25) is 0 Å². The fourth-order valence-electron chi connectivity index (χ4n) is 2.58. The highest BCUT2D eigenvalue weighted by Crippen LogP contribution is 2.25. The summed E-state index contributed by atoms with van der Waals surface area (Å²) >= 11 is 0. The van der Waals surface area contributed by atoms with E-state index in [1.165, 1.54) is 0 Å². The minimum absolute atomic E-state index is 0.202. The third kappa shape index (κ3) is 3.31. The number of rotatable bonds is 3. The topological polar surface area (TPSA) is 126 Å². The van der Waals surface area contributed by atoms with E-state index >= 15 is 0 Å². The molecule has 0 radical (unpaired) electrons. The number of nitrogens with one attached hydrogen (secondary N) is 1. The van der Waals surface area contributed by atoms with Crippen LogP contribution < -0.4 is 21.7 Å². The molecule has 0 spiro atoms. The Hall–Kier alpha value is -3.05. The molecule has 2 heterocycles. The first-order valence-electron chi connectivity index (χ1n) is 7.62. The number of nitrogens with two attached hydrogens (primary N) is 2. The van der Waals surface area contributed by atoms with Crippen LogP contribution in [0, 0.1) is 11.3 Å². The summed E-state index contributed by atoms with van der Waals surface area (Å²) in [7, 11) is 0. The molecule has 3 rings (SSSR count). The Bertz CT molecular complexity index is 786. The molecule has 0 bridgehead atoms. The Labute approximate surface area is 140 Å². The molecule has 1 atom stereocenters. The van der Waals surface area contributed by atoms with Crippen LogP contribution in [-0.2, 0) is 4.74 Å². The van der Waals surface area contributed by atoms with Gasteiger partial charge in [0.05, 0.1) is 42.3 Å². The summed E-state index contributed by atoms with van der Waals surface area (Å²) in [5, 5.41) is 12.1. The number of hydrogen-bond acceptors (Lipinski definition) is 8. The molecule has 1 saturated heterocycles. The first kappa shape index (κ1) is 15.8. The van der Waals surface area contributed by atoms with Gasteiger partial charge in [-0.25, -0.2) is 0 Å². The van der Waals surface area contributed by atoms with Crippen molar-refractivity contribution >= 4 is 29.0 Å². The van der Waals surface area contributed by atoms with Gasteiger partial charge < -0.3 is 26.4 Å². The molecule has 2 aromatic rings. The number of benzene rings is 1. The molecule has 0 saturated carbocycles. The zero-order valence-electron chi connectivity index (χ0n) is 13.4. The molecule has 1 aromatic carbocycles. The number of morpholine rings is 1. The standard InChI is InChI=1S/C16H19N7O/c1-10-9-24-5-4-23(10)15-7-14(19)21-16(22-15)20-13-6-11(8-17)2-3-12(13)18/h2-3,6-7,10H,4-5,9,18H2,1H3,(H3,19,20,21,22). The highest BCUT2D eigenvalue weighted by molar-refractivity contribution is 5.72. The maximum atomic E-state index is 9.02. The Morgan fingerprint density at radius 2 is 2.17 bits per heavy atom. The molecule has 124 valence electrons. The normalized spacial score (nSPS) is 17.3. The maximum absolute atomic E-state index is 9.02. The van der Waals surface area contributed by atoms with Gasteiger partial charge in [-0.15, -0.1) is 0 Å². The monoisotopic (exact) mass is 325 g/mol. The molecule has 0 aliphatic carbocycles. The van der Waals surface area contributed by atoms with Gasteiger partial charge in [-0.3, -0.25) is 0 Å². The second-order valence-corrected chi connectivity index (χ2v) is 5.63. The lowest BCUT2D eigenvalue weighted by molar-refractivity contribution is 0.0985. The van der Waals surface area contributed by atoms with E-state index in [1.54, 1.807) is 24.3 Å². The highest BCUT2D eigenvalue weighted by atomic mass is 16.5. The van der Waals surface area contributed by atoms with E-state index in [1.807, 2.05) is 0 Å². The molecule has 1 aliphatic heterocycles. The van der Waals surface area contributed by atoms with Gasteiger partial charge in [0.15, 0.2) is 0 Å². The minimum atomic E-state index is 0.202. The molecule has 1 aromatic heterocycles. The SMILES string of the molecule is CC1COCCN1c1cc(N)nc(Nc2cc(C#N)ccc2N)n1. The van der Waals surface area contributed by atoms with Gasteiger partial charge in [-0.1, -0.05) is 0 Å². The molecular formula is C16H19N7O. The van der Waals surface area contributed by atoms with Gasteiger partial charge in [-0.2, -0.15) is 15.2 Å². The van der Waals surface area contributed by atoms with E-state index in [0.29, 0.717) is 41.9 Å². The number of anilines is 5. The molecular weight excluding hydrogens is 306 g/mol. The van der Waals surface area contributed by atoms with Crippen LogP contribution in [0.5, 0.6) is 0 Å². The summed E-state index contributed by atoms with van der Waals surface area (Å²) in [6.07, 6.45) is 0. The lowest BCUT2D eigenvalue weighted by atomic mass is 10.2. The summed E-state index contributed by atoms with van der Waals surface area (Å²) in [5.41, 5.74) is 13.4. The Morgan fingerprint density at radius 3 is 2.92 bits per heavy atom. The van der Waals surface area contributed by atoms with Gasteiger partial charge >= 0.3 is 0 Å². The molecule has 1 fully saturated rings. The van der Waals surface area contributed by atoms with Gasteiger partial charge in [0.2, 0.25) is 5.95 Å². The maximum Gasteiger partial charge on any atom is 0.231 e. The number of nitrogen functional groups attached to an aromatic ring is 2. The molecule has 8 nitrogen and oxygen atoms in total. The summed E-state index contributed by atoms with van der Waals surface area (Å²) in [5.74, 6) is 1.43. The lowest BCUT2D eigenvalue weighted by Crippen LogP contribution is -2.44. The van der Waals surface area contributed by atoms with Crippen molar-refractivity contribution < 1.29 is 4.74 Å². The molecule has 24 heavy (non-hydrogen) atoms. The second kappa shape index (κ2) is 6.60. The summed E-state index contributed by atoms with van der Waals surface area (Å²) in [6.45, 7) is 4.10. The Balaban J connectivity index is 1.91. The summed E-state index contributed by atoms with van der Waals surface area (Å²) in [4.78, 5) is 10.9. The van der Waals surface area contributed by atoms with Crippen LogP contribution in [0.4, 0.5) is 29.0 Å². The predicted octanol–water partition coefficient (Wildman–Crippen LogP) is 1.48. The van der Waals surface area contributed by atoms with Crippen LogP contribution >= 0.6 is 0 Å². The first-order chi connectivity index (χ1) is 11.6. The average Bonchev–Trinajstić information content (AvgIpc) is 2.57. The van der Waals surface area contributed by atoms with Crippen molar-refractivity contribution in [3.05, 3.63) is 29.8 Å². The van der Waals surface area contributed by atoms with Crippen molar-refractivity contribution in [2.24, 2.45) is 0 Å². The summed E-state index contributed by atoms with van der Waals surface area (Å²) in [6, 6.07) is 8.99. The van der Waals surface area contributed by atoms with E-state index in [0.717, 1.165) is 12.4 Å². The highest BCUT2D eigenvalue weighted by Gasteiger charge is 2.21. The molecule has 1 unspecified atom stereocenters. The zero-order valence-corrected chi connectivity index (χ0v) is 13.4. The fourth-order valence-corrected chi connectivity index (χ4v) is 2.58.